The number of hydrogen-bond donors (Lipinski definition) is 1. The maximum atomic E-state index is 11.4. The molecule has 0 aromatic carbocycles. The number of hydrogen-bond acceptors (Lipinski definition) is 4. The van der Waals surface area contributed by atoms with Gasteiger partial charge >= 0.3 is 0 Å². The molecule has 0 unspecified atom stereocenters. The summed E-state index contributed by atoms with van der Waals surface area (Å²) in [5.74, 6) is 1.08. The van der Waals surface area contributed by atoms with Gasteiger partial charge in [0.15, 0.2) is 5.17 Å². The monoisotopic (exact) mass is 199 g/mol. The molecule has 0 aromatic rings. The minimum Gasteiger partial charge on any atom is -0.304 e. The summed E-state index contributed by atoms with van der Waals surface area (Å²) < 4.78 is 0. The maximum Gasteiger partial charge on any atom is 0.240 e. The summed E-state index contributed by atoms with van der Waals surface area (Å²) in [6, 6.07) is 0. The van der Waals surface area contributed by atoms with Crippen molar-refractivity contribution in [3.05, 3.63) is 0 Å². The Labute approximate surface area is 81.8 Å². The van der Waals surface area contributed by atoms with Crippen molar-refractivity contribution in [2.24, 2.45) is 4.99 Å². The molecule has 2 aliphatic rings. The molecule has 1 saturated heterocycles. The number of aliphatic imine (C=N–C) groups is 1. The molecule has 0 aromatic heterocycles. The number of rotatable bonds is 2. The van der Waals surface area contributed by atoms with Crippen LogP contribution in [0.1, 0.15) is 6.42 Å². The van der Waals surface area contributed by atoms with E-state index in [0.717, 1.165) is 30.6 Å². The standard InChI is InChI=1S/C8H13N3OS/c12-7(6-11-3-1-4-11)10-8-9-2-5-13-8/h1-6H2,(H,9,10,12). The van der Waals surface area contributed by atoms with Gasteiger partial charge in [-0.3, -0.25) is 14.7 Å². The molecule has 0 saturated carbocycles. The lowest BCUT2D eigenvalue weighted by atomic mass is 10.2. The summed E-state index contributed by atoms with van der Waals surface area (Å²) >= 11 is 1.62. The van der Waals surface area contributed by atoms with Gasteiger partial charge in [-0.25, -0.2) is 0 Å². The summed E-state index contributed by atoms with van der Waals surface area (Å²) in [5, 5.41) is 3.61. The van der Waals surface area contributed by atoms with Gasteiger partial charge in [0.25, 0.3) is 0 Å². The molecule has 5 heteroatoms. The Kier molecular flexibility index (Phi) is 2.85. The third-order valence-corrected chi connectivity index (χ3v) is 3.04. The summed E-state index contributed by atoms with van der Waals surface area (Å²) in [7, 11) is 0. The minimum atomic E-state index is 0.0767. The molecule has 2 heterocycles. The van der Waals surface area contributed by atoms with Gasteiger partial charge < -0.3 is 5.32 Å². The molecule has 0 spiro atoms. The van der Waals surface area contributed by atoms with E-state index in [1.54, 1.807) is 11.8 Å². The van der Waals surface area contributed by atoms with Crippen molar-refractivity contribution >= 4 is 22.8 Å². The van der Waals surface area contributed by atoms with E-state index in [0.29, 0.717) is 6.54 Å². The molecule has 2 aliphatic heterocycles. The van der Waals surface area contributed by atoms with Gasteiger partial charge in [0.1, 0.15) is 0 Å². The molecule has 4 nitrogen and oxygen atoms in total. The van der Waals surface area contributed by atoms with Crippen molar-refractivity contribution in [3.63, 3.8) is 0 Å². The van der Waals surface area contributed by atoms with Crippen molar-refractivity contribution in [1.29, 1.82) is 0 Å². The molecule has 72 valence electrons. The second-order valence-electron chi connectivity index (χ2n) is 3.21. The Morgan fingerprint density at radius 3 is 3.00 bits per heavy atom. The maximum absolute atomic E-state index is 11.4. The van der Waals surface area contributed by atoms with Crippen LogP contribution in [0.15, 0.2) is 4.99 Å². The Morgan fingerprint density at radius 1 is 1.62 bits per heavy atom. The zero-order valence-electron chi connectivity index (χ0n) is 7.45. The summed E-state index contributed by atoms with van der Waals surface area (Å²) in [6.45, 7) is 3.49. The van der Waals surface area contributed by atoms with Crippen LogP contribution in [-0.2, 0) is 4.79 Å². The molecule has 0 atom stereocenters. The fourth-order valence-corrected chi connectivity index (χ4v) is 2.06. The van der Waals surface area contributed by atoms with Gasteiger partial charge in [-0.15, -0.1) is 0 Å². The van der Waals surface area contributed by atoms with Crippen LogP contribution >= 0.6 is 11.8 Å². The van der Waals surface area contributed by atoms with Crippen LogP contribution in [0, 0.1) is 0 Å². The number of nitrogens with zero attached hydrogens (tertiary/aromatic N) is 2. The Morgan fingerprint density at radius 2 is 2.46 bits per heavy atom. The van der Waals surface area contributed by atoms with Crippen LogP contribution in [0.2, 0.25) is 0 Å². The highest BCUT2D eigenvalue weighted by Crippen LogP contribution is 2.09. The van der Waals surface area contributed by atoms with E-state index < -0.39 is 0 Å². The lowest BCUT2D eigenvalue weighted by Gasteiger charge is -2.29. The third kappa shape index (κ3) is 2.45. The molecule has 13 heavy (non-hydrogen) atoms. The van der Waals surface area contributed by atoms with E-state index in [9.17, 15) is 4.79 Å². The van der Waals surface area contributed by atoms with Crippen LogP contribution in [0.4, 0.5) is 0 Å². The Balaban J connectivity index is 1.71. The van der Waals surface area contributed by atoms with Gasteiger partial charge in [0.2, 0.25) is 5.91 Å². The summed E-state index contributed by atoms with van der Waals surface area (Å²) in [4.78, 5) is 17.6. The third-order valence-electron chi connectivity index (χ3n) is 2.15. The van der Waals surface area contributed by atoms with Crippen LogP contribution in [0.3, 0.4) is 0 Å². The van der Waals surface area contributed by atoms with E-state index in [1.165, 1.54) is 6.42 Å². The van der Waals surface area contributed by atoms with Crippen molar-refractivity contribution < 1.29 is 4.79 Å². The number of amidine groups is 1. The van der Waals surface area contributed by atoms with Crippen LogP contribution in [0.5, 0.6) is 0 Å². The second kappa shape index (κ2) is 4.11. The molecule has 1 fully saturated rings. The van der Waals surface area contributed by atoms with Crippen LogP contribution < -0.4 is 5.32 Å². The zero-order chi connectivity index (χ0) is 9.10. The lowest BCUT2D eigenvalue weighted by Crippen LogP contribution is -2.45. The molecule has 0 aliphatic carbocycles. The van der Waals surface area contributed by atoms with Crippen molar-refractivity contribution in [3.8, 4) is 0 Å². The number of carbonyl (C=O) groups is 1. The molecular formula is C8H13N3OS. The van der Waals surface area contributed by atoms with E-state index in [2.05, 4.69) is 15.2 Å². The predicted molar refractivity (Wildman–Crippen MR) is 54.0 cm³/mol. The van der Waals surface area contributed by atoms with Crippen LogP contribution in [0.25, 0.3) is 0 Å². The Bertz CT molecular complexity index is 238. The smallest absolute Gasteiger partial charge is 0.240 e. The van der Waals surface area contributed by atoms with Gasteiger partial charge in [0, 0.05) is 5.75 Å². The number of likely N-dealkylation sites (tertiary alicyclic amines) is 1. The van der Waals surface area contributed by atoms with Gasteiger partial charge in [-0.2, -0.15) is 0 Å². The Hall–Kier alpha value is -0.550. The van der Waals surface area contributed by atoms with E-state index in [4.69, 9.17) is 0 Å². The highest BCUT2D eigenvalue weighted by molar-refractivity contribution is 8.14. The second-order valence-corrected chi connectivity index (χ2v) is 4.30. The molecule has 0 radical (unpaired) electrons. The first-order chi connectivity index (χ1) is 6.34. The lowest BCUT2D eigenvalue weighted by molar-refractivity contribution is -0.121. The summed E-state index contributed by atoms with van der Waals surface area (Å²) in [5.41, 5.74) is 0. The highest BCUT2D eigenvalue weighted by Gasteiger charge is 2.18. The topological polar surface area (TPSA) is 44.7 Å². The van der Waals surface area contributed by atoms with Crippen molar-refractivity contribution in [1.82, 2.24) is 10.2 Å². The predicted octanol–water partition coefficient (Wildman–Crippen LogP) is -0.0889. The normalized spacial score (nSPS) is 22.3. The molecule has 2 rings (SSSR count). The molecule has 1 N–H and O–H groups in total. The quantitative estimate of drug-likeness (QED) is 0.676. The van der Waals surface area contributed by atoms with Crippen molar-refractivity contribution in [2.75, 3.05) is 31.9 Å². The SMILES string of the molecule is O=C(CN1CCC1)NC1=NCCS1. The van der Waals surface area contributed by atoms with Gasteiger partial charge in [-0.05, 0) is 19.5 Å². The average Bonchev–Trinajstić information content (AvgIpc) is 2.49. The number of nitrogens with one attached hydrogen (secondary N) is 1. The average molecular weight is 199 g/mol. The first-order valence-electron chi connectivity index (χ1n) is 4.54. The van der Waals surface area contributed by atoms with Gasteiger partial charge in [-0.1, -0.05) is 11.8 Å². The van der Waals surface area contributed by atoms with Crippen molar-refractivity contribution in [2.45, 2.75) is 6.42 Å². The molecular weight excluding hydrogens is 186 g/mol. The highest BCUT2D eigenvalue weighted by atomic mass is 32.2. The largest absolute Gasteiger partial charge is 0.304 e. The van der Waals surface area contributed by atoms with Crippen LogP contribution in [-0.4, -0.2) is 47.9 Å². The fourth-order valence-electron chi connectivity index (χ4n) is 1.31. The minimum absolute atomic E-state index is 0.0767. The van der Waals surface area contributed by atoms with E-state index >= 15 is 0 Å². The first-order valence-corrected chi connectivity index (χ1v) is 5.52. The molecule has 1 amide bonds. The fraction of sp³-hybridized carbons (Fsp3) is 0.750. The number of amides is 1. The van der Waals surface area contributed by atoms with E-state index in [1.807, 2.05) is 0 Å². The number of carbonyl (C=O) groups excluding carboxylic acids is 1. The zero-order valence-corrected chi connectivity index (χ0v) is 8.27. The summed E-state index contributed by atoms with van der Waals surface area (Å²) in [6.07, 6.45) is 1.23. The van der Waals surface area contributed by atoms with E-state index in [-0.39, 0.29) is 5.91 Å². The number of thioether (sulfide) groups is 1. The van der Waals surface area contributed by atoms with Gasteiger partial charge in [0.05, 0.1) is 13.1 Å². The first kappa shape index (κ1) is 9.02. The molecule has 0 bridgehead atoms.